The van der Waals surface area contributed by atoms with Crippen molar-refractivity contribution >= 4 is 34.9 Å². The van der Waals surface area contributed by atoms with Crippen molar-refractivity contribution in [1.82, 2.24) is 5.32 Å². The minimum Gasteiger partial charge on any atom is -0.494 e. The molecule has 0 fully saturated rings. The lowest BCUT2D eigenvalue weighted by Crippen LogP contribution is -2.34. The molecular weight excluding hydrogens is 352 g/mol. The summed E-state index contributed by atoms with van der Waals surface area (Å²) in [5.74, 6) is -0.631. The van der Waals surface area contributed by atoms with Crippen LogP contribution in [-0.4, -0.2) is 28.7 Å². The SMILES string of the molecule is CCCCOc1ccc(C(=O)NC(=S)Nc2ccc(C(=O)O)cc2)cc1. The molecule has 0 aliphatic carbocycles. The van der Waals surface area contributed by atoms with Crippen molar-refractivity contribution in [1.29, 1.82) is 0 Å². The molecule has 2 rings (SSSR count). The Hall–Kier alpha value is -2.93. The molecule has 26 heavy (non-hydrogen) atoms. The topological polar surface area (TPSA) is 87.7 Å². The molecular formula is C19H20N2O4S. The van der Waals surface area contributed by atoms with Crippen LogP contribution in [0, 0.1) is 0 Å². The van der Waals surface area contributed by atoms with E-state index in [4.69, 9.17) is 22.1 Å². The number of amides is 1. The van der Waals surface area contributed by atoms with Gasteiger partial charge in [0.25, 0.3) is 5.91 Å². The van der Waals surface area contributed by atoms with E-state index >= 15 is 0 Å². The van der Waals surface area contributed by atoms with Gasteiger partial charge in [-0.2, -0.15) is 0 Å². The van der Waals surface area contributed by atoms with E-state index in [1.165, 1.54) is 12.1 Å². The first-order valence-electron chi connectivity index (χ1n) is 8.18. The largest absolute Gasteiger partial charge is 0.494 e. The van der Waals surface area contributed by atoms with Crippen LogP contribution >= 0.6 is 12.2 Å². The van der Waals surface area contributed by atoms with Gasteiger partial charge in [-0.3, -0.25) is 10.1 Å². The highest BCUT2D eigenvalue weighted by Crippen LogP contribution is 2.13. The van der Waals surface area contributed by atoms with Crippen LogP contribution in [0.25, 0.3) is 0 Å². The van der Waals surface area contributed by atoms with Crippen LogP contribution in [0.5, 0.6) is 5.75 Å². The molecule has 0 radical (unpaired) electrons. The van der Waals surface area contributed by atoms with Crippen LogP contribution in [0.1, 0.15) is 40.5 Å². The number of hydrogen-bond donors (Lipinski definition) is 3. The molecule has 0 aromatic heterocycles. The molecule has 0 saturated heterocycles. The number of carbonyl (C=O) groups excluding carboxylic acids is 1. The Morgan fingerprint density at radius 1 is 1.04 bits per heavy atom. The molecule has 3 N–H and O–H groups in total. The van der Waals surface area contributed by atoms with Gasteiger partial charge in [0.15, 0.2) is 5.11 Å². The highest BCUT2D eigenvalue weighted by Gasteiger charge is 2.09. The molecule has 7 heteroatoms. The first-order valence-corrected chi connectivity index (χ1v) is 8.59. The lowest BCUT2D eigenvalue weighted by molar-refractivity contribution is 0.0696. The van der Waals surface area contributed by atoms with Gasteiger partial charge in [-0.15, -0.1) is 0 Å². The molecule has 136 valence electrons. The number of carboxylic acid groups (broad SMARTS) is 1. The molecule has 0 saturated carbocycles. The van der Waals surface area contributed by atoms with Crippen molar-refractivity contribution < 1.29 is 19.4 Å². The fraction of sp³-hybridized carbons (Fsp3) is 0.211. The number of thiocarbonyl (C=S) groups is 1. The van der Waals surface area contributed by atoms with Crippen LogP contribution in [0.3, 0.4) is 0 Å². The normalized spacial score (nSPS) is 10.0. The maximum Gasteiger partial charge on any atom is 0.335 e. The number of carboxylic acids is 1. The van der Waals surface area contributed by atoms with Crippen LogP contribution in [0.15, 0.2) is 48.5 Å². The third-order valence-electron chi connectivity index (χ3n) is 3.50. The van der Waals surface area contributed by atoms with E-state index in [1.54, 1.807) is 36.4 Å². The van der Waals surface area contributed by atoms with Gasteiger partial charge in [-0.25, -0.2) is 4.79 Å². The molecule has 1 amide bonds. The van der Waals surface area contributed by atoms with E-state index in [2.05, 4.69) is 17.6 Å². The average molecular weight is 372 g/mol. The molecule has 6 nitrogen and oxygen atoms in total. The van der Waals surface area contributed by atoms with Gasteiger partial charge >= 0.3 is 5.97 Å². The van der Waals surface area contributed by atoms with E-state index in [1.807, 2.05) is 0 Å². The van der Waals surface area contributed by atoms with E-state index in [-0.39, 0.29) is 16.6 Å². The predicted octanol–water partition coefficient (Wildman–Crippen LogP) is 3.69. The molecule has 2 aromatic carbocycles. The molecule has 0 spiro atoms. The predicted molar refractivity (Wildman–Crippen MR) is 104 cm³/mol. The number of rotatable bonds is 7. The zero-order valence-electron chi connectivity index (χ0n) is 14.3. The number of benzene rings is 2. The van der Waals surface area contributed by atoms with Gasteiger partial charge in [0.1, 0.15) is 5.75 Å². The summed E-state index contributed by atoms with van der Waals surface area (Å²) in [7, 11) is 0. The van der Waals surface area contributed by atoms with Crippen LogP contribution in [0.4, 0.5) is 5.69 Å². The first kappa shape index (κ1) is 19.4. The summed E-state index contributed by atoms with van der Waals surface area (Å²) in [6.45, 7) is 2.74. The minimum absolute atomic E-state index is 0.126. The third-order valence-corrected chi connectivity index (χ3v) is 3.70. The van der Waals surface area contributed by atoms with Crippen molar-refractivity contribution in [3.05, 3.63) is 59.7 Å². The lowest BCUT2D eigenvalue weighted by atomic mass is 10.2. The standard InChI is InChI=1S/C19H20N2O4S/c1-2-3-12-25-16-10-6-13(7-11-16)17(22)21-19(26)20-15-8-4-14(5-9-15)18(23)24/h4-11H,2-3,12H2,1H3,(H,23,24)(H2,20,21,22,26). The summed E-state index contributed by atoms with van der Waals surface area (Å²) in [5, 5.41) is 14.4. The number of unbranched alkanes of at least 4 members (excludes halogenated alkanes) is 1. The molecule has 2 aromatic rings. The Balaban J connectivity index is 1.88. The molecule has 0 aliphatic rings. The molecule has 0 unspecified atom stereocenters. The number of aromatic carboxylic acids is 1. The lowest BCUT2D eigenvalue weighted by Gasteiger charge is -2.10. The summed E-state index contributed by atoms with van der Waals surface area (Å²) in [6.07, 6.45) is 2.04. The van der Waals surface area contributed by atoms with Crippen LogP contribution in [-0.2, 0) is 0 Å². The van der Waals surface area contributed by atoms with Crippen LogP contribution in [0.2, 0.25) is 0 Å². The van der Waals surface area contributed by atoms with Gasteiger partial charge in [0.2, 0.25) is 0 Å². The van der Waals surface area contributed by atoms with Gasteiger partial charge in [-0.05, 0) is 67.2 Å². The first-order chi connectivity index (χ1) is 12.5. The highest BCUT2D eigenvalue weighted by molar-refractivity contribution is 7.80. The van der Waals surface area contributed by atoms with Crippen molar-refractivity contribution in [2.45, 2.75) is 19.8 Å². The third kappa shape index (κ3) is 5.86. The zero-order chi connectivity index (χ0) is 18.9. The number of carbonyl (C=O) groups is 2. The Kier molecular flexibility index (Phi) is 7.11. The Morgan fingerprint density at radius 2 is 1.65 bits per heavy atom. The molecule has 0 bridgehead atoms. The van der Waals surface area contributed by atoms with Crippen molar-refractivity contribution in [3.63, 3.8) is 0 Å². The summed E-state index contributed by atoms with van der Waals surface area (Å²) in [4.78, 5) is 23.0. The Morgan fingerprint density at radius 3 is 2.23 bits per heavy atom. The summed E-state index contributed by atoms with van der Waals surface area (Å²) in [5.41, 5.74) is 1.21. The number of nitrogens with one attached hydrogen (secondary N) is 2. The van der Waals surface area contributed by atoms with Crippen LogP contribution < -0.4 is 15.4 Å². The second kappa shape index (κ2) is 9.53. The van der Waals surface area contributed by atoms with Gasteiger partial charge in [0.05, 0.1) is 12.2 Å². The minimum atomic E-state index is -1.01. The number of hydrogen-bond acceptors (Lipinski definition) is 4. The fourth-order valence-electron chi connectivity index (χ4n) is 2.07. The zero-order valence-corrected chi connectivity index (χ0v) is 15.1. The monoisotopic (exact) mass is 372 g/mol. The fourth-order valence-corrected chi connectivity index (χ4v) is 2.28. The van der Waals surface area contributed by atoms with E-state index in [9.17, 15) is 9.59 Å². The van der Waals surface area contributed by atoms with Crippen molar-refractivity contribution in [2.24, 2.45) is 0 Å². The van der Waals surface area contributed by atoms with Gasteiger partial charge in [0, 0.05) is 11.3 Å². The maximum absolute atomic E-state index is 12.2. The smallest absolute Gasteiger partial charge is 0.335 e. The maximum atomic E-state index is 12.2. The number of ether oxygens (including phenoxy) is 1. The summed E-state index contributed by atoms with van der Waals surface area (Å²) >= 11 is 5.11. The summed E-state index contributed by atoms with van der Waals surface area (Å²) in [6, 6.07) is 12.9. The van der Waals surface area contributed by atoms with E-state index in [0.717, 1.165) is 12.8 Å². The Labute approximate surface area is 157 Å². The Bertz CT molecular complexity index is 773. The molecule has 0 atom stereocenters. The highest BCUT2D eigenvalue weighted by atomic mass is 32.1. The van der Waals surface area contributed by atoms with Crippen molar-refractivity contribution in [3.8, 4) is 5.75 Å². The van der Waals surface area contributed by atoms with Crippen molar-refractivity contribution in [2.75, 3.05) is 11.9 Å². The summed E-state index contributed by atoms with van der Waals surface area (Å²) < 4.78 is 5.56. The number of anilines is 1. The van der Waals surface area contributed by atoms with Gasteiger partial charge < -0.3 is 15.2 Å². The molecule has 0 heterocycles. The average Bonchev–Trinajstić information content (AvgIpc) is 2.62. The van der Waals surface area contributed by atoms with E-state index < -0.39 is 5.97 Å². The molecule has 0 aliphatic heterocycles. The second-order valence-electron chi connectivity index (χ2n) is 5.52. The quantitative estimate of drug-likeness (QED) is 0.507. The van der Waals surface area contributed by atoms with E-state index in [0.29, 0.717) is 23.6 Å². The second-order valence-corrected chi connectivity index (χ2v) is 5.93. The van der Waals surface area contributed by atoms with Gasteiger partial charge in [-0.1, -0.05) is 13.3 Å².